The molecule has 114 valence electrons. The highest BCUT2D eigenvalue weighted by molar-refractivity contribution is 6.42. The first-order valence-electron chi connectivity index (χ1n) is 6.92. The molecule has 1 aliphatic rings. The van der Waals surface area contributed by atoms with Crippen molar-refractivity contribution in [2.45, 2.75) is 38.1 Å². The second-order valence-electron chi connectivity index (χ2n) is 5.34. The highest BCUT2D eigenvalue weighted by Crippen LogP contribution is 2.27. The number of carbonyl (C=O) groups excluding carboxylic acids is 1. The maximum atomic E-state index is 12.0. The zero-order chi connectivity index (χ0) is 15.4. The molecule has 0 radical (unpaired) electrons. The van der Waals surface area contributed by atoms with Crippen molar-refractivity contribution in [3.8, 4) is 0 Å². The highest BCUT2D eigenvalue weighted by atomic mass is 35.5. The van der Waals surface area contributed by atoms with Gasteiger partial charge in [-0.1, -0.05) is 35.3 Å². The SMILES string of the molecule is O=C(Cc1cccc(Cl)c1Cl)NC1CCC(C(=O)O)CC1. The number of hydrogen-bond acceptors (Lipinski definition) is 2. The van der Waals surface area contributed by atoms with Crippen molar-refractivity contribution >= 4 is 35.1 Å². The smallest absolute Gasteiger partial charge is 0.306 e. The monoisotopic (exact) mass is 329 g/mol. The lowest BCUT2D eigenvalue weighted by Crippen LogP contribution is -2.39. The van der Waals surface area contributed by atoms with Crippen LogP contribution in [0.25, 0.3) is 0 Å². The molecule has 1 aliphatic carbocycles. The van der Waals surface area contributed by atoms with Crippen LogP contribution < -0.4 is 5.32 Å². The minimum absolute atomic E-state index is 0.0473. The summed E-state index contributed by atoms with van der Waals surface area (Å²) in [5, 5.41) is 12.7. The Bertz CT molecular complexity index is 540. The number of amides is 1. The van der Waals surface area contributed by atoms with E-state index in [-0.39, 0.29) is 24.3 Å². The van der Waals surface area contributed by atoms with Crippen LogP contribution in [0.2, 0.25) is 10.0 Å². The van der Waals surface area contributed by atoms with Crippen LogP contribution in [-0.2, 0) is 16.0 Å². The summed E-state index contributed by atoms with van der Waals surface area (Å²) in [5.41, 5.74) is 0.695. The van der Waals surface area contributed by atoms with Crippen molar-refractivity contribution in [1.82, 2.24) is 5.32 Å². The van der Waals surface area contributed by atoms with E-state index in [0.717, 1.165) is 0 Å². The molecule has 2 N–H and O–H groups in total. The van der Waals surface area contributed by atoms with Crippen molar-refractivity contribution in [3.63, 3.8) is 0 Å². The van der Waals surface area contributed by atoms with Gasteiger partial charge in [-0.3, -0.25) is 9.59 Å². The summed E-state index contributed by atoms with van der Waals surface area (Å²) in [7, 11) is 0. The molecule has 1 aromatic carbocycles. The summed E-state index contributed by atoms with van der Waals surface area (Å²) in [6, 6.07) is 5.26. The Kier molecular flexibility index (Phi) is 5.48. The van der Waals surface area contributed by atoms with E-state index in [9.17, 15) is 9.59 Å². The van der Waals surface area contributed by atoms with Crippen LogP contribution in [0.15, 0.2) is 18.2 Å². The zero-order valence-corrected chi connectivity index (χ0v) is 13.0. The molecule has 0 unspecified atom stereocenters. The van der Waals surface area contributed by atoms with Gasteiger partial charge in [0.15, 0.2) is 0 Å². The molecule has 0 aliphatic heterocycles. The van der Waals surface area contributed by atoms with Crippen molar-refractivity contribution in [2.75, 3.05) is 0 Å². The number of aliphatic carboxylic acids is 1. The second kappa shape index (κ2) is 7.14. The first-order chi connectivity index (χ1) is 9.97. The third kappa shape index (κ3) is 4.35. The molecule has 0 saturated heterocycles. The van der Waals surface area contributed by atoms with E-state index < -0.39 is 5.97 Å². The Hall–Kier alpha value is -1.26. The van der Waals surface area contributed by atoms with E-state index in [1.54, 1.807) is 18.2 Å². The molecule has 1 aromatic rings. The fourth-order valence-electron chi connectivity index (χ4n) is 2.62. The summed E-state index contributed by atoms with van der Waals surface area (Å²) < 4.78 is 0. The topological polar surface area (TPSA) is 66.4 Å². The van der Waals surface area contributed by atoms with Gasteiger partial charge in [0.05, 0.1) is 22.4 Å². The summed E-state index contributed by atoms with van der Waals surface area (Å²) in [6.07, 6.45) is 2.80. The van der Waals surface area contributed by atoms with E-state index >= 15 is 0 Å². The first kappa shape index (κ1) is 16.1. The number of hydrogen-bond donors (Lipinski definition) is 2. The van der Waals surface area contributed by atoms with Gasteiger partial charge in [-0.15, -0.1) is 0 Å². The van der Waals surface area contributed by atoms with Gasteiger partial charge in [0.1, 0.15) is 0 Å². The van der Waals surface area contributed by atoms with Crippen LogP contribution in [0.4, 0.5) is 0 Å². The highest BCUT2D eigenvalue weighted by Gasteiger charge is 2.26. The lowest BCUT2D eigenvalue weighted by molar-refractivity contribution is -0.142. The number of halogens is 2. The number of carbonyl (C=O) groups is 2. The lowest BCUT2D eigenvalue weighted by Gasteiger charge is -2.26. The average molecular weight is 330 g/mol. The molecule has 0 spiro atoms. The summed E-state index contributed by atoms with van der Waals surface area (Å²) >= 11 is 12.0. The maximum Gasteiger partial charge on any atom is 0.306 e. The molecule has 21 heavy (non-hydrogen) atoms. The number of rotatable bonds is 4. The summed E-state index contributed by atoms with van der Waals surface area (Å²) in [6.45, 7) is 0. The van der Waals surface area contributed by atoms with Gasteiger partial charge in [-0.05, 0) is 37.3 Å². The van der Waals surface area contributed by atoms with Crippen LogP contribution in [0, 0.1) is 5.92 Å². The van der Waals surface area contributed by atoms with Gasteiger partial charge in [-0.25, -0.2) is 0 Å². The number of nitrogens with one attached hydrogen (secondary N) is 1. The number of benzene rings is 1. The fraction of sp³-hybridized carbons (Fsp3) is 0.467. The van der Waals surface area contributed by atoms with Crippen LogP contribution in [0.5, 0.6) is 0 Å². The minimum atomic E-state index is -0.745. The van der Waals surface area contributed by atoms with E-state index in [2.05, 4.69) is 5.32 Å². The third-order valence-electron chi connectivity index (χ3n) is 3.82. The Morgan fingerprint density at radius 2 is 1.86 bits per heavy atom. The molecule has 0 bridgehead atoms. The molecular weight excluding hydrogens is 313 g/mol. The molecule has 1 amide bonds. The van der Waals surface area contributed by atoms with Gasteiger partial charge in [0, 0.05) is 6.04 Å². The normalized spacial score (nSPS) is 21.8. The van der Waals surface area contributed by atoms with E-state index in [0.29, 0.717) is 41.3 Å². The summed E-state index contributed by atoms with van der Waals surface area (Å²) in [4.78, 5) is 22.9. The van der Waals surface area contributed by atoms with E-state index in [1.165, 1.54) is 0 Å². The van der Waals surface area contributed by atoms with Gasteiger partial charge in [-0.2, -0.15) is 0 Å². The second-order valence-corrected chi connectivity index (χ2v) is 6.13. The number of carboxylic acid groups (broad SMARTS) is 1. The Morgan fingerprint density at radius 1 is 1.19 bits per heavy atom. The predicted octanol–water partition coefficient (Wildman–Crippen LogP) is 3.30. The van der Waals surface area contributed by atoms with Crippen molar-refractivity contribution in [1.29, 1.82) is 0 Å². The Morgan fingerprint density at radius 3 is 2.48 bits per heavy atom. The molecule has 0 atom stereocenters. The molecule has 2 rings (SSSR count). The fourth-order valence-corrected chi connectivity index (χ4v) is 3.01. The van der Waals surface area contributed by atoms with E-state index in [4.69, 9.17) is 28.3 Å². The molecule has 0 heterocycles. The third-order valence-corrected chi connectivity index (χ3v) is 4.68. The molecule has 4 nitrogen and oxygen atoms in total. The van der Waals surface area contributed by atoms with Crippen molar-refractivity contribution in [3.05, 3.63) is 33.8 Å². The van der Waals surface area contributed by atoms with Gasteiger partial charge < -0.3 is 10.4 Å². The molecule has 0 aromatic heterocycles. The number of carboxylic acids is 1. The van der Waals surface area contributed by atoms with Crippen molar-refractivity contribution < 1.29 is 14.7 Å². The first-order valence-corrected chi connectivity index (χ1v) is 7.68. The minimum Gasteiger partial charge on any atom is -0.481 e. The standard InChI is InChI=1S/C15H17Cl2NO3/c16-12-3-1-2-10(14(12)17)8-13(19)18-11-6-4-9(5-7-11)15(20)21/h1-3,9,11H,4-8H2,(H,18,19)(H,20,21). The lowest BCUT2D eigenvalue weighted by atomic mass is 9.86. The van der Waals surface area contributed by atoms with Crippen molar-refractivity contribution in [2.24, 2.45) is 5.92 Å². The molecule has 1 fully saturated rings. The van der Waals surface area contributed by atoms with E-state index in [1.807, 2.05) is 0 Å². The molecule has 6 heteroatoms. The van der Waals surface area contributed by atoms with Gasteiger partial charge in [0.25, 0.3) is 0 Å². The van der Waals surface area contributed by atoms with Crippen LogP contribution in [0.1, 0.15) is 31.2 Å². The summed E-state index contributed by atoms with van der Waals surface area (Å²) in [5.74, 6) is -1.14. The van der Waals surface area contributed by atoms with Crippen LogP contribution in [0.3, 0.4) is 0 Å². The predicted molar refractivity (Wildman–Crippen MR) is 81.7 cm³/mol. The largest absolute Gasteiger partial charge is 0.481 e. The maximum absolute atomic E-state index is 12.0. The zero-order valence-electron chi connectivity index (χ0n) is 11.4. The van der Waals surface area contributed by atoms with Gasteiger partial charge in [0.2, 0.25) is 5.91 Å². The van der Waals surface area contributed by atoms with Crippen LogP contribution in [-0.4, -0.2) is 23.0 Å². The average Bonchev–Trinajstić information content (AvgIpc) is 2.44. The Labute approximate surface area is 133 Å². The van der Waals surface area contributed by atoms with Gasteiger partial charge >= 0.3 is 5.97 Å². The molecular formula is C15H17Cl2NO3. The molecule has 1 saturated carbocycles. The Balaban J connectivity index is 1.86. The quantitative estimate of drug-likeness (QED) is 0.890. The van der Waals surface area contributed by atoms with Crippen LogP contribution >= 0.6 is 23.2 Å².